The number of benzene rings is 2. The Hall–Kier alpha value is -2.69. The number of carbonyl (C=O) groups is 1. The van der Waals surface area contributed by atoms with Crippen molar-refractivity contribution in [1.29, 1.82) is 0 Å². The van der Waals surface area contributed by atoms with Gasteiger partial charge in [0.1, 0.15) is 5.69 Å². The minimum atomic E-state index is -1.69. The summed E-state index contributed by atoms with van der Waals surface area (Å²) in [6.45, 7) is 2.02. The van der Waals surface area contributed by atoms with Gasteiger partial charge < -0.3 is 5.32 Å². The first kappa shape index (κ1) is 21.5. The van der Waals surface area contributed by atoms with Crippen LogP contribution in [0.4, 0.5) is 24.5 Å². The number of halogens is 4. The molecule has 31 heavy (non-hydrogen) atoms. The molecule has 6 nitrogen and oxygen atoms in total. The molecule has 0 spiro atoms. The molecule has 1 saturated carbocycles. The van der Waals surface area contributed by atoms with Crippen molar-refractivity contribution in [2.24, 2.45) is 5.92 Å². The van der Waals surface area contributed by atoms with Gasteiger partial charge in [-0.25, -0.2) is 18.7 Å². The molecule has 11 heteroatoms. The predicted octanol–water partition coefficient (Wildman–Crippen LogP) is 5.40. The van der Waals surface area contributed by atoms with Crippen molar-refractivity contribution in [2.45, 2.75) is 19.8 Å². The molecule has 2 aromatic carbocycles. The van der Waals surface area contributed by atoms with Crippen molar-refractivity contribution in [3.63, 3.8) is 0 Å². The first-order chi connectivity index (χ1) is 14.8. The van der Waals surface area contributed by atoms with Gasteiger partial charge in [0.25, 0.3) is 5.91 Å². The van der Waals surface area contributed by atoms with Crippen LogP contribution in [0.3, 0.4) is 0 Å². The average molecular weight is 469 g/mol. The van der Waals surface area contributed by atoms with Gasteiger partial charge in [0, 0.05) is 11.3 Å². The van der Waals surface area contributed by atoms with Crippen molar-refractivity contribution >= 4 is 40.6 Å². The summed E-state index contributed by atoms with van der Waals surface area (Å²) >= 11 is 6.97. The largest absolute Gasteiger partial charge is 0.352 e. The van der Waals surface area contributed by atoms with Crippen molar-refractivity contribution in [3.8, 4) is 11.3 Å². The van der Waals surface area contributed by atoms with Gasteiger partial charge in [-0.05, 0) is 49.4 Å². The van der Waals surface area contributed by atoms with E-state index in [0.717, 1.165) is 24.6 Å². The molecule has 1 heterocycles. The molecule has 0 bridgehead atoms. The second kappa shape index (κ2) is 8.81. The zero-order chi connectivity index (χ0) is 22.1. The fourth-order valence-corrected chi connectivity index (χ4v) is 3.66. The van der Waals surface area contributed by atoms with Gasteiger partial charge in [0.2, 0.25) is 0 Å². The highest BCUT2D eigenvalue weighted by Crippen LogP contribution is 2.33. The molecule has 162 valence electrons. The van der Waals surface area contributed by atoms with Crippen molar-refractivity contribution < 1.29 is 22.8 Å². The highest BCUT2D eigenvalue weighted by molar-refractivity contribution is 6.99. The second-order valence-electron chi connectivity index (χ2n) is 7.15. The molecule has 1 aliphatic rings. The van der Waals surface area contributed by atoms with E-state index in [1.807, 2.05) is 0 Å². The molecule has 3 aromatic rings. The minimum Gasteiger partial charge on any atom is -0.352 e. The van der Waals surface area contributed by atoms with Crippen LogP contribution in [-0.4, -0.2) is 21.3 Å². The average Bonchev–Trinajstić information content (AvgIpc) is 3.47. The lowest BCUT2D eigenvalue weighted by Crippen LogP contribution is -2.26. The molecular weight excluding hydrogens is 453 g/mol. The molecule has 4 rings (SSSR count). The Balaban J connectivity index is 1.63. The maximum atomic E-state index is 14.6. The predicted molar refractivity (Wildman–Crippen MR) is 111 cm³/mol. The molecule has 2 N–H and O–H groups in total. The van der Waals surface area contributed by atoms with Crippen LogP contribution >= 0.6 is 23.3 Å². The number of hydrogen-bond acceptors (Lipinski definition) is 6. The van der Waals surface area contributed by atoms with Crippen LogP contribution in [-0.2, 0) is 4.84 Å². The molecule has 1 fully saturated rings. The standard InChI is InChI=1S/C20H16ClF3N4O2S/c1-9-6-11(17-19(21)28-31-27-17)4-5-14(9)25-18-12(7-13(22)15(23)16(18)24)20(29)26-30-8-10-2-3-10/h4-7,10,25H,2-3,8H2,1H3,(H,26,29). The first-order valence-corrected chi connectivity index (χ1v) is 10.4. The lowest BCUT2D eigenvalue weighted by Gasteiger charge is -2.16. The fraction of sp³-hybridized carbons (Fsp3) is 0.250. The van der Waals surface area contributed by atoms with Crippen LogP contribution in [0.15, 0.2) is 24.3 Å². The maximum Gasteiger partial charge on any atom is 0.277 e. The van der Waals surface area contributed by atoms with Gasteiger partial charge in [-0.3, -0.25) is 9.63 Å². The van der Waals surface area contributed by atoms with Gasteiger partial charge in [0.05, 0.1) is 29.6 Å². The number of carbonyl (C=O) groups excluding carboxylic acids is 1. The molecule has 1 aliphatic carbocycles. The van der Waals surface area contributed by atoms with Crippen molar-refractivity contribution in [2.75, 3.05) is 11.9 Å². The highest BCUT2D eigenvalue weighted by atomic mass is 35.5. The van der Waals surface area contributed by atoms with Crippen molar-refractivity contribution in [3.05, 3.63) is 58.0 Å². The maximum absolute atomic E-state index is 14.6. The normalized spacial score (nSPS) is 13.3. The minimum absolute atomic E-state index is 0.252. The third-order valence-electron chi connectivity index (χ3n) is 4.80. The summed E-state index contributed by atoms with van der Waals surface area (Å²) in [7, 11) is 0. The molecule has 0 atom stereocenters. The number of aromatic nitrogens is 2. The Morgan fingerprint density at radius 3 is 2.65 bits per heavy atom. The summed E-state index contributed by atoms with van der Waals surface area (Å²) in [6.07, 6.45) is 2.00. The lowest BCUT2D eigenvalue weighted by molar-refractivity contribution is 0.0270. The zero-order valence-electron chi connectivity index (χ0n) is 16.1. The molecule has 0 radical (unpaired) electrons. The van der Waals surface area contributed by atoms with E-state index in [2.05, 4.69) is 19.5 Å². The van der Waals surface area contributed by atoms with E-state index in [-0.39, 0.29) is 5.15 Å². The molecular formula is C20H16ClF3N4O2S. The van der Waals surface area contributed by atoms with Gasteiger partial charge in [-0.1, -0.05) is 17.7 Å². The van der Waals surface area contributed by atoms with E-state index in [0.29, 0.717) is 41.1 Å². The molecule has 0 saturated heterocycles. The lowest BCUT2D eigenvalue weighted by atomic mass is 10.1. The van der Waals surface area contributed by atoms with Crippen LogP contribution < -0.4 is 10.8 Å². The summed E-state index contributed by atoms with van der Waals surface area (Å²) < 4.78 is 50.3. The number of nitrogens with zero attached hydrogens (tertiary/aromatic N) is 2. The van der Waals surface area contributed by atoms with Gasteiger partial charge in [-0.15, -0.1) is 0 Å². The van der Waals surface area contributed by atoms with Crippen LogP contribution in [0.5, 0.6) is 0 Å². The number of anilines is 2. The molecule has 1 amide bonds. The fourth-order valence-electron chi connectivity index (χ4n) is 2.90. The van der Waals surface area contributed by atoms with Gasteiger partial charge in [0.15, 0.2) is 22.6 Å². The van der Waals surface area contributed by atoms with E-state index in [1.54, 1.807) is 25.1 Å². The Labute approximate surface area is 184 Å². The Morgan fingerprint density at radius 1 is 1.23 bits per heavy atom. The van der Waals surface area contributed by atoms with Gasteiger partial charge >= 0.3 is 0 Å². The van der Waals surface area contributed by atoms with E-state index in [1.165, 1.54) is 0 Å². The van der Waals surface area contributed by atoms with E-state index in [9.17, 15) is 18.0 Å². The van der Waals surface area contributed by atoms with Crippen LogP contribution in [0.2, 0.25) is 5.15 Å². The summed E-state index contributed by atoms with van der Waals surface area (Å²) in [5.41, 5.74) is 3.40. The Kier molecular flexibility index (Phi) is 6.12. The van der Waals surface area contributed by atoms with Crippen LogP contribution in [0, 0.1) is 30.3 Å². The topological polar surface area (TPSA) is 76.1 Å². The first-order valence-electron chi connectivity index (χ1n) is 9.31. The van der Waals surface area contributed by atoms with Crippen molar-refractivity contribution in [1.82, 2.24) is 14.2 Å². The summed E-state index contributed by atoms with van der Waals surface area (Å²) in [4.78, 5) is 17.5. The summed E-state index contributed by atoms with van der Waals surface area (Å²) in [5, 5.41) is 2.94. The number of nitrogens with one attached hydrogen (secondary N) is 2. The van der Waals surface area contributed by atoms with E-state index < -0.39 is 34.6 Å². The number of aryl methyl sites for hydroxylation is 1. The smallest absolute Gasteiger partial charge is 0.277 e. The molecule has 1 aromatic heterocycles. The monoisotopic (exact) mass is 468 g/mol. The van der Waals surface area contributed by atoms with Gasteiger partial charge in [-0.2, -0.15) is 8.75 Å². The quantitative estimate of drug-likeness (QED) is 0.358. The number of hydrogen-bond donors (Lipinski definition) is 2. The number of hydroxylamine groups is 1. The van der Waals surface area contributed by atoms with E-state index in [4.69, 9.17) is 16.4 Å². The molecule has 0 aliphatic heterocycles. The van der Waals surface area contributed by atoms with Crippen LogP contribution in [0.1, 0.15) is 28.8 Å². The SMILES string of the molecule is Cc1cc(-c2nsnc2Cl)ccc1Nc1c(C(=O)NOCC2CC2)cc(F)c(F)c1F. The number of amides is 1. The molecule has 0 unspecified atom stereocenters. The highest BCUT2D eigenvalue weighted by Gasteiger charge is 2.25. The number of rotatable bonds is 7. The van der Waals surface area contributed by atoms with E-state index >= 15 is 0 Å². The van der Waals surface area contributed by atoms with Crippen LogP contribution in [0.25, 0.3) is 11.3 Å². The summed E-state index contributed by atoms with van der Waals surface area (Å²) in [6, 6.07) is 5.60. The zero-order valence-corrected chi connectivity index (χ0v) is 17.7. The second-order valence-corrected chi connectivity index (χ2v) is 8.04. The Bertz CT molecular complexity index is 1150. The third-order valence-corrected chi connectivity index (χ3v) is 5.69. The Morgan fingerprint density at radius 2 is 2.00 bits per heavy atom. The third kappa shape index (κ3) is 4.65. The summed E-state index contributed by atoms with van der Waals surface area (Å²) in [5.74, 6) is -5.21.